The molecule has 0 unspecified atom stereocenters. The molecule has 2 aromatic carbocycles. The summed E-state index contributed by atoms with van der Waals surface area (Å²) in [6, 6.07) is 7.37. The van der Waals surface area contributed by atoms with Gasteiger partial charge in [0.2, 0.25) is 0 Å². The van der Waals surface area contributed by atoms with Crippen LogP contribution < -0.4 is 11.1 Å². The first kappa shape index (κ1) is 11.3. The van der Waals surface area contributed by atoms with Gasteiger partial charge in [0.05, 0.1) is 11.4 Å². The van der Waals surface area contributed by atoms with Crippen LogP contribution in [0.15, 0.2) is 36.4 Å². The van der Waals surface area contributed by atoms with Crippen LogP contribution in [0.25, 0.3) is 0 Å². The van der Waals surface area contributed by atoms with Crippen LogP contribution in [-0.4, -0.2) is 0 Å². The topological polar surface area (TPSA) is 38.0 Å². The molecule has 0 fully saturated rings. The number of halogens is 3. The van der Waals surface area contributed by atoms with Crippen LogP contribution in [0, 0.1) is 17.5 Å². The number of anilines is 3. The van der Waals surface area contributed by atoms with Gasteiger partial charge in [0, 0.05) is 11.8 Å². The number of hydrogen-bond donors (Lipinski definition) is 2. The second-order valence-corrected chi connectivity index (χ2v) is 3.46. The van der Waals surface area contributed by atoms with Crippen molar-refractivity contribution in [2.75, 3.05) is 11.1 Å². The zero-order valence-electron chi connectivity index (χ0n) is 8.68. The molecule has 88 valence electrons. The van der Waals surface area contributed by atoms with Gasteiger partial charge in [-0.05, 0) is 24.3 Å². The standard InChI is InChI=1S/C12H9F3N2/c13-8-5-4-7(6-10(8)15)17-12-9(14)2-1-3-11(12)16/h1-6,17H,16H2. The number of nitrogens with one attached hydrogen (secondary N) is 1. The van der Waals surface area contributed by atoms with Gasteiger partial charge < -0.3 is 11.1 Å². The molecule has 0 saturated heterocycles. The second kappa shape index (κ2) is 4.37. The van der Waals surface area contributed by atoms with Crippen molar-refractivity contribution in [1.82, 2.24) is 0 Å². The molecule has 0 saturated carbocycles. The van der Waals surface area contributed by atoms with Crippen LogP contribution in [0.2, 0.25) is 0 Å². The molecule has 0 radical (unpaired) electrons. The van der Waals surface area contributed by atoms with Crippen molar-refractivity contribution in [2.45, 2.75) is 0 Å². The summed E-state index contributed by atoms with van der Waals surface area (Å²) in [4.78, 5) is 0. The van der Waals surface area contributed by atoms with Crippen LogP contribution in [0.4, 0.5) is 30.2 Å². The van der Waals surface area contributed by atoms with E-state index in [0.717, 1.165) is 12.1 Å². The summed E-state index contributed by atoms with van der Waals surface area (Å²) in [6.45, 7) is 0. The van der Waals surface area contributed by atoms with Crippen molar-refractivity contribution in [2.24, 2.45) is 0 Å². The van der Waals surface area contributed by atoms with Crippen molar-refractivity contribution in [3.63, 3.8) is 0 Å². The van der Waals surface area contributed by atoms with Gasteiger partial charge in [-0.25, -0.2) is 13.2 Å². The Balaban J connectivity index is 2.35. The molecular weight excluding hydrogens is 229 g/mol. The van der Waals surface area contributed by atoms with E-state index < -0.39 is 17.5 Å². The first-order chi connectivity index (χ1) is 8.08. The lowest BCUT2D eigenvalue weighted by Crippen LogP contribution is -1.99. The molecule has 0 aliphatic heterocycles. The lowest BCUT2D eigenvalue weighted by molar-refractivity contribution is 0.509. The van der Waals surface area contributed by atoms with Gasteiger partial charge in [0.1, 0.15) is 5.82 Å². The number of rotatable bonds is 2. The molecule has 0 atom stereocenters. The molecule has 0 bridgehead atoms. The summed E-state index contributed by atoms with van der Waals surface area (Å²) in [5, 5.41) is 2.60. The minimum absolute atomic E-state index is 0.0403. The first-order valence-corrected chi connectivity index (χ1v) is 4.84. The minimum Gasteiger partial charge on any atom is -0.397 e. The molecule has 0 aromatic heterocycles. The summed E-state index contributed by atoms with van der Waals surface area (Å²) in [6.07, 6.45) is 0. The van der Waals surface area contributed by atoms with E-state index in [1.54, 1.807) is 0 Å². The third kappa shape index (κ3) is 2.33. The van der Waals surface area contributed by atoms with Crippen molar-refractivity contribution in [3.8, 4) is 0 Å². The number of nitrogens with two attached hydrogens (primary N) is 1. The van der Waals surface area contributed by atoms with Gasteiger partial charge >= 0.3 is 0 Å². The number of para-hydroxylation sites is 1. The Hall–Kier alpha value is -2.17. The van der Waals surface area contributed by atoms with Crippen molar-refractivity contribution >= 4 is 17.1 Å². The Labute approximate surface area is 95.9 Å². The van der Waals surface area contributed by atoms with E-state index in [1.165, 1.54) is 24.3 Å². The molecular formula is C12H9F3N2. The Morgan fingerprint density at radius 3 is 2.29 bits per heavy atom. The molecule has 0 amide bonds. The van der Waals surface area contributed by atoms with Crippen LogP contribution >= 0.6 is 0 Å². The number of hydrogen-bond acceptors (Lipinski definition) is 2. The van der Waals surface area contributed by atoms with Crippen LogP contribution in [0.3, 0.4) is 0 Å². The fourth-order valence-corrected chi connectivity index (χ4v) is 1.39. The summed E-state index contributed by atoms with van der Waals surface area (Å²) in [7, 11) is 0. The number of nitrogen functional groups attached to an aromatic ring is 1. The summed E-state index contributed by atoms with van der Waals surface area (Å²) in [5.41, 5.74) is 6.02. The molecule has 0 aliphatic rings. The van der Waals surface area contributed by atoms with Gasteiger partial charge in [-0.3, -0.25) is 0 Å². The lowest BCUT2D eigenvalue weighted by Gasteiger charge is -2.10. The lowest BCUT2D eigenvalue weighted by atomic mass is 10.2. The average Bonchev–Trinajstić information content (AvgIpc) is 2.28. The average molecular weight is 238 g/mol. The molecule has 0 heterocycles. The molecule has 17 heavy (non-hydrogen) atoms. The minimum atomic E-state index is -1.01. The highest BCUT2D eigenvalue weighted by Gasteiger charge is 2.08. The molecule has 3 N–H and O–H groups in total. The second-order valence-electron chi connectivity index (χ2n) is 3.46. The van der Waals surface area contributed by atoms with E-state index in [4.69, 9.17) is 5.73 Å². The monoisotopic (exact) mass is 238 g/mol. The summed E-state index contributed by atoms with van der Waals surface area (Å²) >= 11 is 0. The van der Waals surface area contributed by atoms with Crippen LogP contribution in [0.1, 0.15) is 0 Å². The zero-order valence-corrected chi connectivity index (χ0v) is 8.68. The normalized spacial score (nSPS) is 10.3. The third-order valence-electron chi connectivity index (χ3n) is 2.23. The molecule has 2 aromatic rings. The Morgan fingerprint density at radius 1 is 0.882 bits per heavy atom. The predicted molar refractivity (Wildman–Crippen MR) is 60.5 cm³/mol. The molecule has 2 rings (SSSR count). The Bertz CT molecular complexity index is 535. The fourth-order valence-electron chi connectivity index (χ4n) is 1.39. The fraction of sp³-hybridized carbons (Fsp3) is 0. The summed E-state index contributed by atoms with van der Waals surface area (Å²) < 4.78 is 39.0. The SMILES string of the molecule is Nc1cccc(F)c1Nc1ccc(F)c(F)c1. The van der Waals surface area contributed by atoms with Gasteiger partial charge in [-0.1, -0.05) is 6.07 Å². The van der Waals surface area contributed by atoms with E-state index in [1.807, 2.05) is 0 Å². The quantitative estimate of drug-likeness (QED) is 0.786. The highest BCUT2D eigenvalue weighted by Crippen LogP contribution is 2.26. The van der Waals surface area contributed by atoms with E-state index in [-0.39, 0.29) is 17.1 Å². The van der Waals surface area contributed by atoms with E-state index >= 15 is 0 Å². The molecule has 0 aliphatic carbocycles. The highest BCUT2D eigenvalue weighted by molar-refractivity contribution is 5.72. The van der Waals surface area contributed by atoms with Gasteiger partial charge in [-0.2, -0.15) is 0 Å². The molecule has 0 spiro atoms. The molecule has 2 nitrogen and oxygen atoms in total. The van der Waals surface area contributed by atoms with E-state index in [0.29, 0.717) is 0 Å². The molecule has 5 heteroatoms. The van der Waals surface area contributed by atoms with Crippen molar-refractivity contribution in [1.29, 1.82) is 0 Å². The Morgan fingerprint density at radius 2 is 1.65 bits per heavy atom. The van der Waals surface area contributed by atoms with Gasteiger partial charge in [0.15, 0.2) is 11.6 Å². The zero-order chi connectivity index (χ0) is 12.4. The van der Waals surface area contributed by atoms with Crippen LogP contribution in [-0.2, 0) is 0 Å². The largest absolute Gasteiger partial charge is 0.397 e. The van der Waals surface area contributed by atoms with Crippen LogP contribution in [0.5, 0.6) is 0 Å². The van der Waals surface area contributed by atoms with Gasteiger partial charge in [-0.15, -0.1) is 0 Å². The van der Waals surface area contributed by atoms with E-state index in [2.05, 4.69) is 5.32 Å². The first-order valence-electron chi connectivity index (χ1n) is 4.84. The predicted octanol–water partition coefficient (Wildman–Crippen LogP) is 3.43. The highest BCUT2D eigenvalue weighted by atomic mass is 19.2. The Kier molecular flexibility index (Phi) is 2.91. The maximum absolute atomic E-state index is 13.4. The van der Waals surface area contributed by atoms with Crippen molar-refractivity contribution in [3.05, 3.63) is 53.8 Å². The smallest absolute Gasteiger partial charge is 0.160 e. The van der Waals surface area contributed by atoms with Gasteiger partial charge in [0.25, 0.3) is 0 Å². The maximum atomic E-state index is 13.4. The number of benzene rings is 2. The third-order valence-corrected chi connectivity index (χ3v) is 2.23. The maximum Gasteiger partial charge on any atom is 0.160 e. The van der Waals surface area contributed by atoms with Crippen molar-refractivity contribution < 1.29 is 13.2 Å². The van der Waals surface area contributed by atoms with E-state index in [9.17, 15) is 13.2 Å². The summed E-state index contributed by atoms with van der Waals surface area (Å²) in [5.74, 6) is -2.53.